The number of carbonyl (C=O) groups is 1. The van der Waals surface area contributed by atoms with Crippen molar-refractivity contribution in [3.63, 3.8) is 0 Å². The summed E-state index contributed by atoms with van der Waals surface area (Å²) < 4.78 is 0. The van der Waals surface area contributed by atoms with E-state index in [9.17, 15) is 4.79 Å². The molecule has 0 aromatic heterocycles. The lowest BCUT2D eigenvalue weighted by atomic mass is 10.2. The molecule has 0 bridgehead atoms. The zero-order valence-electron chi connectivity index (χ0n) is 10.8. The zero-order chi connectivity index (χ0) is 13.1. The van der Waals surface area contributed by atoms with Gasteiger partial charge in [0, 0.05) is 24.2 Å². The number of benzene rings is 1. The Morgan fingerprint density at radius 1 is 1.50 bits per heavy atom. The van der Waals surface area contributed by atoms with E-state index < -0.39 is 0 Å². The maximum absolute atomic E-state index is 12.2. The van der Waals surface area contributed by atoms with E-state index in [1.807, 2.05) is 31.0 Å². The highest BCUT2D eigenvalue weighted by atomic mass is 32.2. The van der Waals surface area contributed by atoms with E-state index >= 15 is 0 Å². The molecule has 0 radical (unpaired) electrons. The van der Waals surface area contributed by atoms with Crippen molar-refractivity contribution in [1.29, 1.82) is 0 Å². The van der Waals surface area contributed by atoms with Crippen LogP contribution in [-0.4, -0.2) is 31.3 Å². The monoisotopic (exact) mass is 265 g/mol. The summed E-state index contributed by atoms with van der Waals surface area (Å²) in [5.74, 6) is 0.175. The van der Waals surface area contributed by atoms with Gasteiger partial charge in [0.05, 0.1) is 10.9 Å². The number of anilines is 2. The SMILES string of the molecule is CNc1ccc2c(c1)N(CCCN)C(=O)C(C)S2. The van der Waals surface area contributed by atoms with Crippen molar-refractivity contribution < 1.29 is 4.79 Å². The van der Waals surface area contributed by atoms with Crippen molar-refractivity contribution in [3.05, 3.63) is 18.2 Å². The summed E-state index contributed by atoms with van der Waals surface area (Å²) in [5.41, 5.74) is 7.57. The van der Waals surface area contributed by atoms with Gasteiger partial charge in [0.15, 0.2) is 0 Å². The molecular formula is C13H19N3OS. The predicted octanol–water partition coefficient (Wildman–Crippen LogP) is 1.90. The van der Waals surface area contributed by atoms with E-state index in [-0.39, 0.29) is 11.2 Å². The van der Waals surface area contributed by atoms with Crippen LogP contribution in [0.15, 0.2) is 23.1 Å². The Hall–Kier alpha value is -1.20. The summed E-state index contributed by atoms with van der Waals surface area (Å²) in [5, 5.41) is 3.09. The van der Waals surface area contributed by atoms with Gasteiger partial charge in [-0.15, -0.1) is 11.8 Å². The molecule has 0 aliphatic carbocycles. The lowest BCUT2D eigenvalue weighted by Crippen LogP contribution is -2.40. The molecule has 0 spiro atoms. The van der Waals surface area contributed by atoms with Crippen LogP contribution in [0.1, 0.15) is 13.3 Å². The van der Waals surface area contributed by atoms with Crippen LogP contribution >= 0.6 is 11.8 Å². The van der Waals surface area contributed by atoms with E-state index in [2.05, 4.69) is 11.4 Å². The lowest BCUT2D eigenvalue weighted by Gasteiger charge is -2.32. The van der Waals surface area contributed by atoms with Gasteiger partial charge in [-0.1, -0.05) is 0 Å². The fourth-order valence-corrected chi connectivity index (χ4v) is 3.09. The second-order valence-corrected chi connectivity index (χ2v) is 5.71. The lowest BCUT2D eigenvalue weighted by molar-refractivity contribution is -0.118. The largest absolute Gasteiger partial charge is 0.388 e. The van der Waals surface area contributed by atoms with Crippen LogP contribution in [-0.2, 0) is 4.79 Å². The Kier molecular flexibility index (Phi) is 4.14. The number of nitrogens with one attached hydrogen (secondary N) is 1. The van der Waals surface area contributed by atoms with Crippen molar-refractivity contribution in [2.24, 2.45) is 5.73 Å². The summed E-state index contributed by atoms with van der Waals surface area (Å²) in [6.07, 6.45) is 0.826. The molecule has 4 nitrogen and oxygen atoms in total. The number of nitrogens with two attached hydrogens (primary N) is 1. The Balaban J connectivity index is 2.36. The third-order valence-electron chi connectivity index (χ3n) is 3.04. The van der Waals surface area contributed by atoms with Crippen LogP contribution in [0.5, 0.6) is 0 Å². The topological polar surface area (TPSA) is 58.4 Å². The quantitative estimate of drug-likeness (QED) is 0.873. The third kappa shape index (κ3) is 2.47. The van der Waals surface area contributed by atoms with Crippen LogP contribution in [0.3, 0.4) is 0 Å². The molecule has 3 N–H and O–H groups in total. The van der Waals surface area contributed by atoms with Crippen LogP contribution in [0, 0.1) is 0 Å². The number of hydrogen-bond acceptors (Lipinski definition) is 4. The smallest absolute Gasteiger partial charge is 0.240 e. The van der Waals surface area contributed by atoms with Gasteiger partial charge < -0.3 is 16.0 Å². The molecule has 0 saturated heterocycles. The van der Waals surface area contributed by atoms with Gasteiger partial charge in [-0.3, -0.25) is 4.79 Å². The van der Waals surface area contributed by atoms with Gasteiger partial charge in [0.25, 0.3) is 0 Å². The molecule has 98 valence electrons. The van der Waals surface area contributed by atoms with Gasteiger partial charge in [-0.05, 0) is 38.1 Å². The molecule has 2 rings (SSSR count). The second kappa shape index (κ2) is 5.63. The van der Waals surface area contributed by atoms with Crippen molar-refractivity contribution in [2.75, 3.05) is 30.4 Å². The van der Waals surface area contributed by atoms with Gasteiger partial charge in [0.2, 0.25) is 5.91 Å². The van der Waals surface area contributed by atoms with Crippen molar-refractivity contribution in [1.82, 2.24) is 0 Å². The molecule has 1 heterocycles. The number of rotatable bonds is 4. The molecule has 0 saturated carbocycles. The molecule has 0 fully saturated rings. The van der Waals surface area contributed by atoms with E-state index in [0.717, 1.165) is 22.7 Å². The molecule has 18 heavy (non-hydrogen) atoms. The first-order chi connectivity index (χ1) is 8.67. The van der Waals surface area contributed by atoms with Crippen LogP contribution < -0.4 is 16.0 Å². The summed E-state index contributed by atoms with van der Waals surface area (Å²) in [7, 11) is 1.88. The normalized spacial score (nSPS) is 18.7. The predicted molar refractivity (Wildman–Crippen MR) is 77.3 cm³/mol. The Labute approximate surface area is 112 Å². The van der Waals surface area contributed by atoms with Crippen molar-refractivity contribution in [2.45, 2.75) is 23.5 Å². The maximum Gasteiger partial charge on any atom is 0.240 e. The van der Waals surface area contributed by atoms with E-state index in [0.29, 0.717) is 13.1 Å². The molecule has 1 atom stereocenters. The van der Waals surface area contributed by atoms with Gasteiger partial charge in [-0.2, -0.15) is 0 Å². The number of fused-ring (bicyclic) bond motifs is 1. The zero-order valence-corrected chi connectivity index (χ0v) is 11.6. The summed E-state index contributed by atoms with van der Waals surface area (Å²) in [6, 6.07) is 6.14. The average molecular weight is 265 g/mol. The first kappa shape index (κ1) is 13.2. The molecule has 1 unspecified atom stereocenters. The molecule has 1 aliphatic heterocycles. The average Bonchev–Trinajstić information content (AvgIpc) is 2.39. The summed E-state index contributed by atoms with van der Waals surface area (Å²) in [4.78, 5) is 15.3. The third-order valence-corrected chi connectivity index (χ3v) is 4.20. The van der Waals surface area contributed by atoms with E-state index in [1.54, 1.807) is 11.8 Å². The molecular weight excluding hydrogens is 246 g/mol. The molecule has 1 amide bonds. The van der Waals surface area contributed by atoms with Crippen molar-refractivity contribution in [3.8, 4) is 0 Å². The van der Waals surface area contributed by atoms with Gasteiger partial charge in [0.1, 0.15) is 0 Å². The molecule has 1 aliphatic rings. The summed E-state index contributed by atoms with van der Waals surface area (Å²) >= 11 is 1.63. The number of hydrogen-bond donors (Lipinski definition) is 2. The van der Waals surface area contributed by atoms with E-state index in [1.165, 1.54) is 0 Å². The highest BCUT2D eigenvalue weighted by molar-refractivity contribution is 8.00. The number of carbonyl (C=O) groups excluding carboxylic acids is 1. The van der Waals surface area contributed by atoms with Gasteiger partial charge in [-0.25, -0.2) is 0 Å². The maximum atomic E-state index is 12.2. The minimum absolute atomic E-state index is 0.0179. The van der Waals surface area contributed by atoms with Gasteiger partial charge >= 0.3 is 0 Å². The number of thioether (sulfide) groups is 1. The highest BCUT2D eigenvalue weighted by Gasteiger charge is 2.30. The minimum Gasteiger partial charge on any atom is -0.388 e. The first-order valence-electron chi connectivity index (χ1n) is 6.17. The second-order valence-electron chi connectivity index (χ2n) is 4.32. The minimum atomic E-state index is -0.0179. The molecule has 1 aromatic carbocycles. The fraction of sp³-hybridized carbons (Fsp3) is 0.462. The molecule has 5 heteroatoms. The summed E-state index contributed by atoms with van der Waals surface area (Å²) in [6.45, 7) is 3.25. The first-order valence-corrected chi connectivity index (χ1v) is 7.05. The standard InChI is InChI=1S/C13H19N3OS/c1-9-13(17)16(7-3-6-14)11-8-10(15-2)4-5-12(11)18-9/h4-5,8-9,15H,3,6-7,14H2,1-2H3. The molecule has 1 aromatic rings. The Morgan fingerprint density at radius 2 is 2.28 bits per heavy atom. The van der Waals surface area contributed by atoms with Crippen LogP contribution in [0.25, 0.3) is 0 Å². The number of nitrogens with zero attached hydrogens (tertiary/aromatic N) is 1. The van der Waals surface area contributed by atoms with Crippen molar-refractivity contribution >= 4 is 29.0 Å². The Bertz CT molecular complexity index is 450. The van der Waals surface area contributed by atoms with Crippen LogP contribution in [0.4, 0.5) is 11.4 Å². The Morgan fingerprint density at radius 3 is 2.94 bits per heavy atom. The van der Waals surface area contributed by atoms with E-state index in [4.69, 9.17) is 5.73 Å². The van der Waals surface area contributed by atoms with Crippen LogP contribution in [0.2, 0.25) is 0 Å². The number of amides is 1. The highest BCUT2D eigenvalue weighted by Crippen LogP contribution is 2.40. The fourth-order valence-electron chi connectivity index (χ4n) is 2.04.